The molecule has 0 aliphatic heterocycles. The van der Waals surface area contributed by atoms with Crippen molar-refractivity contribution in [1.82, 2.24) is 10.2 Å². The highest BCUT2D eigenvalue weighted by Crippen LogP contribution is 2.28. The van der Waals surface area contributed by atoms with Crippen LogP contribution in [0.4, 0.5) is 0 Å². The highest BCUT2D eigenvalue weighted by Gasteiger charge is 2.15. The van der Waals surface area contributed by atoms with Gasteiger partial charge in [0.15, 0.2) is 18.1 Å². The molecular weight excluding hydrogens is 352 g/mol. The van der Waals surface area contributed by atoms with Gasteiger partial charge in [-0.15, -0.1) is 0 Å². The monoisotopic (exact) mass is 380 g/mol. The van der Waals surface area contributed by atoms with Gasteiger partial charge in [0, 0.05) is 14.1 Å². The lowest BCUT2D eigenvalue weighted by molar-refractivity contribution is -0.131. The van der Waals surface area contributed by atoms with Gasteiger partial charge in [-0.2, -0.15) is 0 Å². The number of carbonyl (C=O) groups is 3. The average molecular weight is 380 g/mol. The van der Waals surface area contributed by atoms with Crippen LogP contribution < -0.4 is 14.8 Å². The Kier molecular flexibility index (Phi) is 9.12. The Balaban J connectivity index is 2.57. The number of likely N-dealkylation sites (N-methyl/N-ethyl adjacent to an activating group) is 1. The molecule has 0 atom stereocenters. The second kappa shape index (κ2) is 11.1. The van der Waals surface area contributed by atoms with Gasteiger partial charge in [-0.05, 0) is 30.5 Å². The molecule has 1 aromatic carbocycles. The molecule has 0 saturated carbocycles. The second-order valence-electron chi connectivity index (χ2n) is 6.54. The number of nitrogens with zero attached hydrogens (tertiary/aromatic N) is 1. The van der Waals surface area contributed by atoms with Gasteiger partial charge in [-0.1, -0.05) is 13.8 Å². The van der Waals surface area contributed by atoms with Crippen LogP contribution in [0.3, 0.4) is 0 Å². The Bertz CT molecular complexity index is 658. The SMILES string of the molecule is COc1cc(C(=O)OCC(=O)NCC(=O)N(C)C)ccc1OCCC(C)C. The van der Waals surface area contributed by atoms with E-state index >= 15 is 0 Å². The van der Waals surface area contributed by atoms with Crippen LogP contribution in [0.1, 0.15) is 30.6 Å². The molecule has 0 heterocycles. The lowest BCUT2D eigenvalue weighted by atomic mass is 10.1. The first kappa shape index (κ1) is 22.3. The number of benzene rings is 1. The highest BCUT2D eigenvalue weighted by atomic mass is 16.5. The molecule has 0 radical (unpaired) electrons. The maximum atomic E-state index is 12.1. The van der Waals surface area contributed by atoms with Gasteiger partial charge in [-0.3, -0.25) is 9.59 Å². The van der Waals surface area contributed by atoms with E-state index in [2.05, 4.69) is 19.2 Å². The molecule has 2 amide bonds. The van der Waals surface area contributed by atoms with Crippen molar-refractivity contribution >= 4 is 17.8 Å². The highest BCUT2D eigenvalue weighted by molar-refractivity contribution is 5.92. The lowest BCUT2D eigenvalue weighted by Gasteiger charge is -2.13. The first-order valence-corrected chi connectivity index (χ1v) is 8.69. The number of amides is 2. The molecule has 27 heavy (non-hydrogen) atoms. The van der Waals surface area contributed by atoms with Gasteiger partial charge >= 0.3 is 5.97 Å². The van der Waals surface area contributed by atoms with Crippen LogP contribution in [0.15, 0.2) is 18.2 Å². The minimum absolute atomic E-state index is 0.153. The van der Waals surface area contributed by atoms with Crippen molar-refractivity contribution in [3.8, 4) is 11.5 Å². The van der Waals surface area contributed by atoms with Crippen LogP contribution in [0.2, 0.25) is 0 Å². The predicted molar refractivity (Wildman–Crippen MR) is 99.9 cm³/mol. The van der Waals surface area contributed by atoms with Gasteiger partial charge in [-0.25, -0.2) is 4.79 Å². The minimum atomic E-state index is -0.670. The van der Waals surface area contributed by atoms with Gasteiger partial charge < -0.3 is 24.4 Å². The van der Waals surface area contributed by atoms with Crippen LogP contribution in [0.25, 0.3) is 0 Å². The van der Waals surface area contributed by atoms with E-state index in [1.807, 2.05) is 0 Å². The quantitative estimate of drug-likeness (QED) is 0.618. The van der Waals surface area contributed by atoms with Crippen LogP contribution in [0.5, 0.6) is 11.5 Å². The Hall–Kier alpha value is -2.77. The summed E-state index contributed by atoms with van der Waals surface area (Å²) in [6.45, 7) is 4.12. The van der Waals surface area contributed by atoms with Crippen molar-refractivity contribution in [3.63, 3.8) is 0 Å². The fraction of sp³-hybridized carbons (Fsp3) is 0.526. The standard InChI is InChI=1S/C19H28N2O6/c1-13(2)8-9-26-15-7-6-14(10-16(15)25-5)19(24)27-12-17(22)20-11-18(23)21(3)4/h6-7,10,13H,8-9,11-12H2,1-5H3,(H,20,22). The van der Waals surface area contributed by atoms with Gasteiger partial charge in [0.1, 0.15) is 0 Å². The van der Waals surface area contributed by atoms with Crippen molar-refractivity contribution in [1.29, 1.82) is 0 Å². The van der Waals surface area contributed by atoms with Crippen molar-refractivity contribution < 1.29 is 28.6 Å². The summed E-state index contributed by atoms with van der Waals surface area (Å²) in [4.78, 5) is 36.5. The molecule has 1 rings (SSSR count). The van der Waals surface area contributed by atoms with Crippen LogP contribution in [-0.2, 0) is 14.3 Å². The van der Waals surface area contributed by atoms with E-state index in [0.29, 0.717) is 24.0 Å². The van der Waals surface area contributed by atoms with Crippen molar-refractivity contribution in [2.45, 2.75) is 20.3 Å². The number of hydrogen-bond acceptors (Lipinski definition) is 6. The molecule has 0 fully saturated rings. The smallest absolute Gasteiger partial charge is 0.338 e. The molecule has 0 unspecified atom stereocenters. The van der Waals surface area contributed by atoms with E-state index < -0.39 is 18.5 Å². The fourth-order valence-corrected chi connectivity index (χ4v) is 1.92. The maximum Gasteiger partial charge on any atom is 0.338 e. The van der Waals surface area contributed by atoms with E-state index in [9.17, 15) is 14.4 Å². The molecule has 0 saturated heterocycles. The summed E-state index contributed by atoms with van der Waals surface area (Å²) in [7, 11) is 4.64. The van der Waals surface area contributed by atoms with E-state index in [-0.39, 0.29) is 18.0 Å². The largest absolute Gasteiger partial charge is 0.493 e. The van der Waals surface area contributed by atoms with Crippen LogP contribution in [-0.4, -0.2) is 63.6 Å². The molecule has 1 N–H and O–H groups in total. The zero-order valence-corrected chi connectivity index (χ0v) is 16.5. The Morgan fingerprint density at radius 1 is 1.15 bits per heavy atom. The Morgan fingerprint density at radius 2 is 1.85 bits per heavy atom. The number of nitrogens with one attached hydrogen (secondary N) is 1. The Morgan fingerprint density at radius 3 is 2.44 bits per heavy atom. The van der Waals surface area contributed by atoms with E-state index in [1.54, 1.807) is 26.2 Å². The number of rotatable bonds is 10. The lowest BCUT2D eigenvalue weighted by Crippen LogP contribution is -2.38. The summed E-state index contributed by atoms with van der Waals surface area (Å²) in [5.41, 5.74) is 0.236. The van der Waals surface area contributed by atoms with Crippen LogP contribution in [0, 0.1) is 5.92 Å². The van der Waals surface area contributed by atoms with Crippen molar-refractivity contribution in [3.05, 3.63) is 23.8 Å². The maximum absolute atomic E-state index is 12.1. The zero-order chi connectivity index (χ0) is 20.4. The van der Waals surface area contributed by atoms with Crippen LogP contribution >= 0.6 is 0 Å². The third kappa shape index (κ3) is 7.98. The number of esters is 1. The molecular formula is C19H28N2O6. The van der Waals surface area contributed by atoms with Crippen molar-refractivity contribution in [2.75, 3.05) is 41.0 Å². The number of hydrogen-bond donors (Lipinski definition) is 1. The number of methoxy groups -OCH3 is 1. The Labute approximate surface area is 159 Å². The zero-order valence-electron chi connectivity index (χ0n) is 16.5. The summed E-state index contributed by atoms with van der Waals surface area (Å²) in [6.07, 6.45) is 0.901. The molecule has 0 aliphatic carbocycles. The van der Waals surface area contributed by atoms with E-state index in [4.69, 9.17) is 14.2 Å². The summed E-state index contributed by atoms with van der Waals surface area (Å²) in [5, 5.41) is 2.38. The minimum Gasteiger partial charge on any atom is -0.493 e. The molecule has 0 aliphatic rings. The predicted octanol–water partition coefficient (Wildman–Crippen LogP) is 1.48. The van der Waals surface area contributed by atoms with Gasteiger partial charge in [0.25, 0.3) is 5.91 Å². The number of ether oxygens (including phenoxy) is 3. The summed E-state index contributed by atoms with van der Waals surface area (Å²) >= 11 is 0. The molecule has 8 heteroatoms. The summed E-state index contributed by atoms with van der Waals surface area (Å²) < 4.78 is 15.9. The first-order chi connectivity index (χ1) is 12.7. The molecule has 150 valence electrons. The van der Waals surface area contributed by atoms with E-state index in [1.165, 1.54) is 18.1 Å². The average Bonchev–Trinajstić information content (AvgIpc) is 2.63. The topological polar surface area (TPSA) is 94.2 Å². The van der Waals surface area contributed by atoms with Crippen molar-refractivity contribution in [2.24, 2.45) is 5.92 Å². The third-order valence-electron chi connectivity index (χ3n) is 3.62. The normalized spacial score (nSPS) is 10.3. The molecule has 8 nitrogen and oxygen atoms in total. The molecule has 0 spiro atoms. The molecule has 0 bridgehead atoms. The van der Waals surface area contributed by atoms with E-state index in [0.717, 1.165) is 6.42 Å². The van der Waals surface area contributed by atoms with Gasteiger partial charge in [0.2, 0.25) is 5.91 Å². The first-order valence-electron chi connectivity index (χ1n) is 8.69. The van der Waals surface area contributed by atoms with Gasteiger partial charge in [0.05, 0.1) is 25.8 Å². The summed E-state index contributed by atoms with van der Waals surface area (Å²) in [6, 6.07) is 4.68. The third-order valence-corrected chi connectivity index (χ3v) is 3.62. The fourth-order valence-electron chi connectivity index (χ4n) is 1.92. The number of carbonyl (C=O) groups excluding carboxylic acids is 3. The molecule has 1 aromatic rings. The second-order valence-corrected chi connectivity index (χ2v) is 6.54. The molecule has 0 aromatic heterocycles. The summed E-state index contributed by atoms with van der Waals surface area (Å²) in [5.74, 6) is -0.0176.